The first kappa shape index (κ1) is 25.3. The highest BCUT2D eigenvalue weighted by Crippen LogP contribution is 2.30. The van der Waals surface area contributed by atoms with Crippen LogP contribution in [0.2, 0.25) is 5.02 Å². The van der Waals surface area contributed by atoms with Crippen LogP contribution in [0, 0.1) is 0 Å². The number of rotatable bonds is 10. The van der Waals surface area contributed by atoms with Crippen molar-refractivity contribution in [1.29, 1.82) is 0 Å². The number of nitrogens with one attached hydrogen (secondary N) is 1. The molecule has 0 bridgehead atoms. The Balaban J connectivity index is 2.24. The van der Waals surface area contributed by atoms with Gasteiger partial charge in [0.25, 0.3) is 5.91 Å². The lowest BCUT2D eigenvalue weighted by atomic mass is 10.1. The van der Waals surface area contributed by atoms with E-state index in [9.17, 15) is 13.2 Å². The summed E-state index contributed by atoms with van der Waals surface area (Å²) < 4.78 is 41.1. The monoisotopic (exact) mass is 483 g/mol. The number of carbonyl (C=O) groups excluding carboxylic acids is 1. The lowest BCUT2D eigenvalue weighted by molar-refractivity contribution is -0.119. The van der Waals surface area contributed by atoms with Crippen molar-refractivity contribution in [2.75, 3.05) is 38.4 Å². The summed E-state index contributed by atoms with van der Waals surface area (Å²) in [4.78, 5) is 12.5. The van der Waals surface area contributed by atoms with Gasteiger partial charge in [0.1, 0.15) is 12.3 Å². The number of anilines is 1. The molecule has 32 heavy (non-hydrogen) atoms. The Morgan fingerprint density at radius 1 is 1.03 bits per heavy atom. The van der Waals surface area contributed by atoms with E-state index in [0.29, 0.717) is 29.4 Å². The highest BCUT2D eigenvalue weighted by molar-refractivity contribution is 7.92. The van der Waals surface area contributed by atoms with E-state index in [1.54, 1.807) is 18.2 Å². The number of methoxy groups -OCH3 is 3. The number of hydrogen-bond donors (Lipinski definition) is 1. The molecule has 0 heterocycles. The maximum absolute atomic E-state index is 12.5. The van der Waals surface area contributed by atoms with E-state index >= 15 is 0 Å². The third-order valence-electron chi connectivity index (χ3n) is 4.48. The maximum Gasteiger partial charge on any atom is 0.260 e. The number of hydrazone groups is 1. The number of carbonyl (C=O) groups is 1. The molecular weight excluding hydrogens is 458 g/mol. The molecule has 9 nitrogen and oxygen atoms in total. The minimum absolute atomic E-state index is 0.221. The van der Waals surface area contributed by atoms with Gasteiger partial charge in [0.05, 0.1) is 44.0 Å². The van der Waals surface area contributed by atoms with Crippen molar-refractivity contribution in [2.24, 2.45) is 5.10 Å². The molecular formula is C21H26ClN3O6S. The summed E-state index contributed by atoms with van der Waals surface area (Å²) in [6.45, 7) is 1.40. The van der Waals surface area contributed by atoms with Crippen LogP contribution in [-0.2, 0) is 14.8 Å². The first-order valence-corrected chi connectivity index (χ1v) is 11.8. The molecule has 0 aliphatic rings. The average Bonchev–Trinajstić information content (AvgIpc) is 2.76. The second kappa shape index (κ2) is 11.1. The molecule has 0 unspecified atom stereocenters. The molecule has 0 aliphatic carbocycles. The standard InChI is InChI=1S/C21H26ClN3O6S/c1-6-17(14-7-9-19(30-3)20(11-14)31-4)23-24-21(26)13-25(32(5,27)28)15-8-10-18(29-2)16(22)12-15/h7-12H,6,13H2,1-5H3,(H,24,26)/b23-17-. The second-order valence-corrected chi connectivity index (χ2v) is 8.92. The van der Waals surface area contributed by atoms with Gasteiger partial charge in [-0.15, -0.1) is 0 Å². The first-order valence-electron chi connectivity index (χ1n) is 9.53. The molecule has 0 aromatic heterocycles. The molecule has 1 N–H and O–H groups in total. The van der Waals surface area contributed by atoms with E-state index in [2.05, 4.69) is 10.5 Å². The van der Waals surface area contributed by atoms with Gasteiger partial charge in [-0.05, 0) is 42.8 Å². The number of amides is 1. The molecule has 2 rings (SSSR count). The third-order valence-corrected chi connectivity index (χ3v) is 5.91. The SMILES string of the molecule is CC/C(=N/NC(=O)CN(c1ccc(OC)c(Cl)c1)S(C)(=O)=O)c1ccc(OC)c(OC)c1. The normalized spacial score (nSPS) is 11.6. The van der Waals surface area contributed by atoms with Crippen molar-refractivity contribution in [1.82, 2.24) is 5.43 Å². The van der Waals surface area contributed by atoms with E-state index in [1.165, 1.54) is 39.5 Å². The highest BCUT2D eigenvalue weighted by Gasteiger charge is 2.22. The van der Waals surface area contributed by atoms with Gasteiger partial charge >= 0.3 is 0 Å². The number of sulfonamides is 1. The zero-order chi connectivity index (χ0) is 23.9. The second-order valence-electron chi connectivity index (χ2n) is 6.61. The molecule has 0 saturated carbocycles. The molecule has 174 valence electrons. The number of hydrogen-bond acceptors (Lipinski definition) is 7. The highest BCUT2D eigenvalue weighted by atomic mass is 35.5. The van der Waals surface area contributed by atoms with Crippen LogP contribution in [0.25, 0.3) is 0 Å². The Kier molecular flexibility index (Phi) is 8.73. The van der Waals surface area contributed by atoms with Crippen LogP contribution in [0.4, 0.5) is 5.69 Å². The van der Waals surface area contributed by atoms with Crippen molar-refractivity contribution in [2.45, 2.75) is 13.3 Å². The van der Waals surface area contributed by atoms with Crippen molar-refractivity contribution in [3.8, 4) is 17.2 Å². The van der Waals surface area contributed by atoms with Crippen LogP contribution in [0.15, 0.2) is 41.5 Å². The van der Waals surface area contributed by atoms with Crippen LogP contribution >= 0.6 is 11.6 Å². The van der Waals surface area contributed by atoms with Gasteiger partial charge in [0, 0.05) is 5.56 Å². The smallest absolute Gasteiger partial charge is 0.260 e. The van der Waals surface area contributed by atoms with Crippen LogP contribution in [0.5, 0.6) is 17.2 Å². The average molecular weight is 484 g/mol. The minimum Gasteiger partial charge on any atom is -0.495 e. The van der Waals surface area contributed by atoms with Crippen LogP contribution in [0.1, 0.15) is 18.9 Å². The largest absolute Gasteiger partial charge is 0.495 e. The van der Waals surface area contributed by atoms with Crippen molar-refractivity contribution >= 4 is 38.9 Å². The van der Waals surface area contributed by atoms with Crippen molar-refractivity contribution < 1.29 is 27.4 Å². The minimum atomic E-state index is -3.77. The molecule has 0 aliphatic heterocycles. The van der Waals surface area contributed by atoms with E-state index in [0.717, 1.165) is 16.1 Å². The van der Waals surface area contributed by atoms with Gasteiger partial charge in [0.15, 0.2) is 11.5 Å². The molecule has 0 atom stereocenters. The van der Waals surface area contributed by atoms with Gasteiger partial charge in [-0.3, -0.25) is 9.10 Å². The summed E-state index contributed by atoms with van der Waals surface area (Å²) >= 11 is 6.11. The van der Waals surface area contributed by atoms with E-state index in [1.807, 2.05) is 6.92 Å². The molecule has 0 saturated heterocycles. The third kappa shape index (κ3) is 6.27. The van der Waals surface area contributed by atoms with Crippen molar-refractivity contribution in [3.05, 3.63) is 47.0 Å². The zero-order valence-electron chi connectivity index (χ0n) is 18.5. The maximum atomic E-state index is 12.5. The van der Waals surface area contributed by atoms with Crippen LogP contribution < -0.4 is 23.9 Å². The lowest BCUT2D eigenvalue weighted by Crippen LogP contribution is -2.39. The van der Waals surface area contributed by atoms with Crippen molar-refractivity contribution in [3.63, 3.8) is 0 Å². The Labute approximate surface area is 193 Å². The lowest BCUT2D eigenvalue weighted by Gasteiger charge is -2.22. The first-order chi connectivity index (χ1) is 15.1. The van der Waals surface area contributed by atoms with E-state index in [-0.39, 0.29) is 10.7 Å². The summed E-state index contributed by atoms with van der Waals surface area (Å²) in [5.74, 6) is 0.865. The summed E-state index contributed by atoms with van der Waals surface area (Å²) in [5.41, 5.74) is 3.96. The number of benzene rings is 2. The summed E-state index contributed by atoms with van der Waals surface area (Å²) in [5, 5.41) is 4.39. The summed E-state index contributed by atoms with van der Waals surface area (Å²) in [6.07, 6.45) is 1.52. The fourth-order valence-corrected chi connectivity index (χ4v) is 3.97. The zero-order valence-corrected chi connectivity index (χ0v) is 20.1. The van der Waals surface area contributed by atoms with Crippen LogP contribution in [0.3, 0.4) is 0 Å². The molecule has 1 amide bonds. The Hall–Kier alpha value is -2.98. The fourth-order valence-electron chi connectivity index (χ4n) is 2.87. The van der Waals surface area contributed by atoms with Gasteiger partial charge < -0.3 is 14.2 Å². The molecule has 0 spiro atoms. The predicted molar refractivity (Wildman–Crippen MR) is 125 cm³/mol. The molecule has 0 fully saturated rings. The Bertz CT molecular complexity index is 1100. The van der Waals surface area contributed by atoms with E-state index in [4.69, 9.17) is 25.8 Å². The fraction of sp³-hybridized carbons (Fsp3) is 0.333. The van der Waals surface area contributed by atoms with Gasteiger partial charge in [0.2, 0.25) is 10.0 Å². The number of nitrogens with zero attached hydrogens (tertiary/aromatic N) is 2. The molecule has 11 heteroatoms. The topological polar surface area (TPSA) is 107 Å². The predicted octanol–water partition coefficient (Wildman–Crippen LogP) is 3.06. The Morgan fingerprint density at radius 2 is 1.66 bits per heavy atom. The molecule has 0 radical (unpaired) electrons. The van der Waals surface area contributed by atoms with Gasteiger partial charge in [-0.1, -0.05) is 18.5 Å². The summed E-state index contributed by atoms with van der Waals surface area (Å²) in [7, 11) is 0.744. The van der Waals surface area contributed by atoms with Gasteiger partial charge in [-0.25, -0.2) is 13.8 Å². The molecule has 2 aromatic rings. The van der Waals surface area contributed by atoms with E-state index < -0.39 is 22.5 Å². The number of halogens is 1. The molecule has 2 aromatic carbocycles. The van der Waals surface area contributed by atoms with Crippen LogP contribution in [-0.4, -0.2) is 54.2 Å². The summed E-state index contributed by atoms with van der Waals surface area (Å²) in [6, 6.07) is 9.72. The quantitative estimate of drug-likeness (QED) is 0.411. The Morgan fingerprint density at radius 3 is 2.19 bits per heavy atom. The van der Waals surface area contributed by atoms with Gasteiger partial charge in [-0.2, -0.15) is 5.10 Å². The number of ether oxygens (including phenoxy) is 3.